The lowest BCUT2D eigenvalue weighted by molar-refractivity contribution is 0.778. The van der Waals surface area contributed by atoms with Gasteiger partial charge in [-0.1, -0.05) is 66.7 Å². The zero-order chi connectivity index (χ0) is 18.6. The lowest BCUT2D eigenvalue weighted by atomic mass is 9.88. The molecule has 0 aliphatic rings. The highest BCUT2D eigenvalue weighted by Crippen LogP contribution is 2.29. The van der Waals surface area contributed by atoms with Crippen molar-refractivity contribution in [2.24, 2.45) is 0 Å². The van der Waals surface area contributed by atoms with E-state index < -0.39 is 0 Å². The molecule has 27 heavy (non-hydrogen) atoms. The highest BCUT2D eigenvalue weighted by molar-refractivity contribution is 5.78. The Morgan fingerprint density at radius 3 is 2.19 bits per heavy atom. The molecule has 0 unspecified atom stereocenters. The fourth-order valence-corrected chi connectivity index (χ4v) is 3.52. The van der Waals surface area contributed by atoms with Gasteiger partial charge in [0.2, 0.25) is 0 Å². The number of fused-ring (bicyclic) bond motifs is 1. The molecule has 0 aliphatic carbocycles. The maximum absolute atomic E-state index is 4.99. The van der Waals surface area contributed by atoms with Crippen molar-refractivity contribution in [2.75, 3.05) is 19.0 Å². The Hall–Kier alpha value is -3.13. The van der Waals surface area contributed by atoms with Crippen molar-refractivity contribution >= 4 is 16.6 Å². The van der Waals surface area contributed by atoms with Crippen LogP contribution in [0, 0.1) is 0 Å². The maximum atomic E-state index is 4.99. The van der Waals surface area contributed by atoms with E-state index >= 15 is 0 Å². The molecule has 4 rings (SSSR count). The summed E-state index contributed by atoms with van der Waals surface area (Å²) in [6.07, 6.45) is 0.934. The summed E-state index contributed by atoms with van der Waals surface area (Å²) in [4.78, 5) is 7.11. The maximum Gasteiger partial charge on any atom is 0.0705 e. The van der Waals surface area contributed by atoms with Crippen molar-refractivity contribution in [1.29, 1.82) is 0 Å². The minimum atomic E-state index is 0.237. The van der Waals surface area contributed by atoms with Gasteiger partial charge >= 0.3 is 0 Å². The van der Waals surface area contributed by atoms with Crippen LogP contribution in [0.2, 0.25) is 0 Å². The summed E-state index contributed by atoms with van der Waals surface area (Å²) in [6.45, 7) is 0. The Labute approximate surface area is 161 Å². The van der Waals surface area contributed by atoms with Gasteiger partial charge < -0.3 is 4.90 Å². The molecule has 0 aliphatic heterocycles. The molecule has 0 fully saturated rings. The first-order chi connectivity index (χ1) is 13.2. The summed E-state index contributed by atoms with van der Waals surface area (Å²) in [6, 6.07) is 32.2. The fourth-order valence-electron chi connectivity index (χ4n) is 3.52. The molecule has 1 heterocycles. The van der Waals surface area contributed by atoms with Crippen LogP contribution in [-0.4, -0.2) is 19.1 Å². The van der Waals surface area contributed by atoms with Crippen molar-refractivity contribution in [3.05, 3.63) is 108 Å². The first kappa shape index (κ1) is 17.3. The van der Waals surface area contributed by atoms with Gasteiger partial charge in [0.1, 0.15) is 0 Å². The van der Waals surface area contributed by atoms with Gasteiger partial charge in [0.25, 0.3) is 0 Å². The van der Waals surface area contributed by atoms with Crippen LogP contribution in [0.25, 0.3) is 10.9 Å². The molecule has 0 radical (unpaired) electrons. The zero-order valence-corrected chi connectivity index (χ0v) is 15.8. The number of aromatic nitrogens is 1. The van der Waals surface area contributed by atoms with E-state index in [-0.39, 0.29) is 5.92 Å². The lowest BCUT2D eigenvalue weighted by Crippen LogP contribution is -2.09. The van der Waals surface area contributed by atoms with Gasteiger partial charge in [-0.15, -0.1) is 0 Å². The standard InChI is InChI=1S/C25H24N2/c1-27(2)22-15-12-19(13-16-22)18-23(20-8-4-3-5-9-20)25-17-14-21-10-6-7-11-24(21)26-25/h3-17,23H,18H2,1-2H3/t23-/m1/s1. The number of benzene rings is 3. The number of hydrogen-bond donors (Lipinski definition) is 0. The largest absolute Gasteiger partial charge is 0.378 e. The van der Waals surface area contributed by atoms with Gasteiger partial charge in [-0.3, -0.25) is 4.98 Å². The highest BCUT2D eigenvalue weighted by atomic mass is 15.1. The molecule has 0 bridgehead atoms. The number of rotatable bonds is 5. The van der Waals surface area contributed by atoms with Gasteiger partial charge in [0, 0.05) is 36.8 Å². The third-order valence-electron chi connectivity index (χ3n) is 5.07. The van der Waals surface area contributed by atoms with E-state index in [0.717, 1.165) is 17.6 Å². The van der Waals surface area contributed by atoms with Crippen molar-refractivity contribution in [1.82, 2.24) is 4.98 Å². The second-order valence-corrected chi connectivity index (χ2v) is 7.16. The van der Waals surface area contributed by atoms with E-state index in [1.165, 1.54) is 22.2 Å². The van der Waals surface area contributed by atoms with Crippen LogP contribution in [-0.2, 0) is 6.42 Å². The number of anilines is 1. The number of nitrogens with zero attached hydrogens (tertiary/aromatic N) is 2. The molecule has 2 nitrogen and oxygen atoms in total. The minimum Gasteiger partial charge on any atom is -0.378 e. The molecule has 1 aromatic heterocycles. The minimum absolute atomic E-state index is 0.237. The summed E-state index contributed by atoms with van der Waals surface area (Å²) >= 11 is 0. The topological polar surface area (TPSA) is 16.1 Å². The molecule has 134 valence electrons. The number of pyridine rings is 1. The smallest absolute Gasteiger partial charge is 0.0705 e. The monoisotopic (exact) mass is 352 g/mol. The Morgan fingerprint density at radius 1 is 0.741 bits per heavy atom. The van der Waals surface area contributed by atoms with E-state index in [1.54, 1.807) is 0 Å². The molecule has 0 saturated carbocycles. The van der Waals surface area contributed by atoms with Crippen molar-refractivity contribution in [2.45, 2.75) is 12.3 Å². The van der Waals surface area contributed by atoms with E-state index in [9.17, 15) is 0 Å². The average molecular weight is 352 g/mol. The van der Waals surface area contributed by atoms with Crippen LogP contribution in [0.3, 0.4) is 0 Å². The number of para-hydroxylation sites is 1. The predicted octanol–water partition coefficient (Wildman–Crippen LogP) is 5.68. The fraction of sp³-hybridized carbons (Fsp3) is 0.160. The zero-order valence-electron chi connectivity index (χ0n) is 15.8. The highest BCUT2D eigenvalue weighted by Gasteiger charge is 2.17. The molecular formula is C25H24N2. The van der Waals surface area contributed by atoms with Crippen LogP contribution in [0.1, 0.15) is 22.7 Å². The summed E-state index contributed by atoms with van der Waals surface area (Å²) in [5, 5.41) is 1.18. The van der Waals surface area contributed by atoms with E-state index in [1.807, 2.05) is 0 Å². The first-order valence-electron chi connectivity index (χ1n) is 9.37. The van der Waals surface area contributed by atoms with Gasteiger partial charge in [0.05, 0.1) is 5.52 Å². The van der Waals surface area contributed by atoms with Crippen molar-refractivity contribution in [3.8, 4) is 0 Å². The molecule has 3 aromatic carbocycles. The second-order valence-electron chi connectivity index (χ2n) is 7.16. The van der Waals surface area contributed by atoms with Crippen LogP contribution >= 0.6 is 0 Å². The van der Waals surface area contributed by atoms with Crippen LogP contribution in [0.4, 0.5) is 5.69 Å². The molecule has 0 saturated heterocycles. The molecule has 1 atom stereocenters. The third kappa shape index (κ3) is 3.85. The molecule has 0 amide bonds. The van der Waals surface area contributed by atoms with Gasteiger partial charge in [0.15, 0.2) is 0 Å². The SMILES string of the molecule is CN(C)c1ccc(C[C@H](c2ccccc2)c2ccc3ccccc3n2)cc1. The van der Waals surface area contributed by atoms with Gasteiger partial charge in [-0.25, -0.2) is 0 Å². The van der Waals surface area contributed by atoms with Crippen molar-refractivity contribution in [3.63, 3.8) is 0 Å². The third-order valence-corrected chi connectivity index (χ3v) is 5.07. The quantitative estimate of drug-likeness (QED) is 0.460. The summed E-state index contributed by atoms with van der Waals surface area (Å²) in [5.41, 5.74) is 6.02. The normalized spacial score (nSPS) is 12.1. The Bertz CT molecular complexity index is 1020. The second kappa shape index (κ2) is 7.63. The van der Waals surface area contributed by atoms with E-state index in [4.69, 9.17) is 4.98 Å². The van der Waals surface area contributed by atoms with Gasteiger partial charge in [-0.05, 0) is 41.8 Å². The summed E-state index contributed by atoms with van der Waals surface area (Å²) in [7, 11) is 4.14. The Morgan fingerprint density at radius 2 is 1.44 bits per heavy atom. The van der Waals surface area contributed by atoms with Crippen molar-refractivity contribution < 1.29 is 0 Å². The average Bonchev–Trinajstić information content (AvgIpc) is 2.72. The Balaban J connectivity index is 1.72. The van der Waals surface area contributed by atoms with E-state index in [2.05, 4.69) is 110 Å². The molecule has 0 N–H and O–H groups in total. The van der Waals surface area contributed by atoms with Gasteiger partial charge in [-0.2, -0.15) is 0 Å². The number of hydrogen-bond acceptors (Lipinski definition) is 2. The lowest BCUT2D eigenvalue weighted by Gasteiger charge is -2.19. The predicted molar refractivity (Wildman–Crippen MR) is 115 cm³/mol. The molecular weight excluding hydrogens is 328 g/mol. The van der Waals surface area contributed by atoms with Crippen LogP contribution < -0.4 is 4.90 Å². The Kier molecular flexibility index (Phi) is 4.88. The molecule has 4 aromatic rings. The first-order valence-corrected chi connectivity index (χ1v) is 9.37. The molecule has 0 spiro atoms. The summed E-state index contributed by atoms with van der Waals surface area (Å²) < 4.78 is 0. The van der Waals surface area contributed by atoms with E-state index in [0.29, 0.717) is 0 Å². The summed E-state index contributed by atoms with van der Waals surface area (Å²) in [5.74, 6) is 0.237. The van der Waals surface area contributed by atoms with Crippen LogP contribution in [0.15, 0.2) is 91.0 Å². The van der Waals surface area contributed by atoms with Crippen LogP contribution in [0.5, 0.6) is 0 Å². The molecule has 2 heteroatoms.